The summed E-state index contributed by atoms with van der Waals surface area (Å²) in [6.45, 7) is 0.735. The van der Waals surface area contributed by atoms with Crippen molar-refractivity contribution in [2.75, 3.05) is 32.8 Å². The first-order valence-electron chi connectivity index (χ1n) is 11.8. The van der Waals surface area contributed by atoms with Gasteiger partial charge in [0.2, 0.25) is 0 Å². The van der Waals surface area contributed by atoms with Crippen molar-refractivity contribution in [3.8, 4) is 17.2 Å². The highest BCUT2D eigenvalue weighted by molar-refractivity contribution is 5.95. The molecule has 0 saturated carbocycles. The summed E-state index contributed by atoms with van der Waals surface area (Å²) in [7, 11) is 3.10. The second-order valence-corrected chi connectivity index (χ2v) is 8.37. The van der Waals surface area contributed by atoms with Crippen LogP contribution in [0.5, 0.6) is 11.5 Å². The first-order chi connectivity index (χ1) is 18.8. The van der Waals surface area contributed by atoms with Crippen molar-refractivity contribution in [1.82, 2.24) is 14.8 Å². The molecule has 1 atom stereocenters. The zero-order valence-electron chi connectivity index (χ0n) is 21.3. The van der Waals surface area contributed by atoms with Crippen LogP contribution in [0.3, 0.4) is 0 Å². The topological polar surface area (TPSA) is 178 Å². The zero-order chi connectivity index (χ0) is 27.9. The summed E-state index contributed by atoms with van der Waals surface area (Å²) in [6, 6.07) is 17.6. The highest BCUT2D eigenvalue weighted by Crippen LogP contribution is 2.33. The van der Waals surface area contributed by atoms with Gasteiger partial charge >= 0.3 is 11.7 Å². The minimum Gasteiger partial charge on any atom is -0.493 e. The maximum absolute atomic E-state index is 13.0. The number of aromatic carboxylic acids is 1. The van der Waals surface area contributed by atoms with E-state index >= 15 is 0 Å². The smallest absolute Gasteiger partial charge is 0.348 e. The highest BCUT2D eigenvalue weighted by Gasteiger charge is 2.23. The number of H-pyrrole nitrogens is 1. The summed E-state index contributed by atoms with van der Waals surface area (Å²) in [5, 5.41) is 25.0. The number of amidine groups is 1. The molecule has 0 radical (unpaired) electrons. The van der Waals surface area contributed by atoms with Crippen molar-refractivity contribution < 1.29 is 24.1 Å². The second-order valence-electron chi connectivity index (χ2n) is 8.37. The predicted molar refractivity (Wildman–Crippen MR) is 144 cm³/mol. The van der Waals surface area contributed by atoms with E-state index in [1.54, 1.807) is 61.7 Å². The molecule has 0 aliphatic rings. The first kappa shape index (κ1) is 26.9. The van der Waals surface area contributed by atoms with Crippen LogP contribution in [-0.2, 0) is 4.74 Å². The Labute approximate surface area is 223 Å². The van der Waals surface area contributed by atoms with E-state index in [1.807, 2.05) is 0 Å². The number of ether oxygens (including phenoxy) is 3. The van der Waals surface area contributed by atoms with Crippen LogP contribution < -0.4 is 26.2 Å². The Morgan fingerprint density at radius 2 is 1.85 bits per heavy atom. The summed E-state index contributed by atoms with van der Waals surface area (Å²) in [5.41, 5.74) is 6.92. The van der Waals surface area contributed by atoms with Crippen LogP contribution in [0.15, 0.2) is 71.5 Å². The Morgan fingerprint density at radius 1 is 1.10 bits per heavy atom. The van der Waals surface area contributed by atoms with Crippen LogP contribution in [-0.4, -0.2) is 59.1 Å². The standard InChI is InChI=1S/C27H28N6O6/c1-37-13-14-39-21-12-9-17(15-22(21)38-2)23(30-18-10-7-16(8-11-18)24(28)29)25-31-27(36)33(32-25)20-6-4-3-5-19(20)26(34)35/h3-12,15,23,30H,13-14H2,1-2H3,(H3,28,29)(H,34,35)(H,31,32,36). The molecule has 0 aliphatic carbocycles. The van der Waals surface area contributed by atoms with Crippen LogP contribution in [0, 0.1) is 5.41 Å². The first-order valence-corrected chi connectivity index (χ1v) is 11.8. The van der Waals surface area contributed by atoms with E-state index in [1.165, 1.54) is 19.2 Å². The molecule has 12 heteroatoms. The number of nitrogens with zero attached hydrogens (tertiary/aromatic N) is 2. The average Bonchev–Trinajstić information content (AvgIpc) is 3.33. The van der Waals surface area contributed by atoms with Crippen molar-refractivity contribution in [1.29, 1.82) is 5.41 Å². The van der Waals surface area contributed by atoms with E-state index < -0.39 is 17.7 Å². The molecule has 202 valence electrons. The molecular weight excluding hydrogens is 504 g/mol. The molecular formula is C27H28N6O6. The highest BCUT2D eigenvalue weighted by atomic mass is 16.5. The SMILES string of the molecule is COCCOc1ccc(C(Nc2ccc(C(=N)N)cc2)c2nn(-c3ccccc3C(=O)O)c(=O)[nH]2)cc1OC. The van der Waals surface area contributed by atoms with Crippen molar-refractivity contribution in [3.05, 3.63) is 99.7 Å². The summed E-state index contributed by atoms with van der Waals surface area (Å²) in [6.07, 6.45) is 0. The molecule has 6 N–H and O–H groups in total. The van der Waals surface area contributed by atoms with Crippen molar-refractivity contribution in [3.63, 3.8) is 0 Å². The fourth-order valence-corrected chi connectivity index (χ4v) is 3.91. The Hall–Kier alpha value is -5.10. The lowest BCUT2D eigenvalue weighted by atomic mass is 10.0. The van der Waals surface area contributed by atoms with Crippen LogP contribution in [0.4, 0.5) is 5.69 Å². The fourth-order valence-electron chi connectivity index (χ4n) is 3.91. The van der Waals surface area contributed by atoms with Crippen molar-refractivity contribution in [2.24, 2.45) is 5.73 Å². The van der Waals surface area contributed by atoms with E-state index in [2.05, 4.69) is 15.4 Å². The molecule has 0 bridgehead atoms. The van der Waals surface area contributed by atoms with Gasteiger partial charge in [0, 0.05) is 18.4 Å². The van der Waals surface area contributed by atoms with E-state index in [9.17, 15) is 14.7 Å². The maximum Gasteiger partial charge on any atom is 0.348 e. The molecule has 39 heavy (non-hydrogen) atoms. The Kier molecular flexibility index (Phi) is 8.27. The molecule has 1 aromatic heterocycles. The monoisotopic (exact) mass is 532 g/mol. The van der Waals surface area contributed by atoms with Gasteiger partial charge in [-0.05, 0) is 54.1 Å². The molecule has 0 spiro atoms. The lowest BCUT2D eigenvalue weighted by molar-refractivity contribution is 0.0696. The molecule has 3 aromatic carbocycles. The summed E-state index contributed by atoms with van der Waals surface area (Å²) < 4.78 is 17.3. The number of para-hydroxylation sites is 1. The van der Waals surface area contributed by atoms with E-state index in [4.69, 9.17) is 25.4 Å². The second kappa shape index (κ2) is 12.0. The fraction of sp³-hybridized carbons (Fsp3) is 0.185. The van der Waals surface area contributed by atoms with Gasteiger partial charge in [-0.2, -0.15) is 4.68 Å². The predicted octanol–water partition coefficient (Wildman–Crippen LogP) is 2.78. The maximum atomic E-state index is 13.0. The number of nitrogens with two attached hydrogens (primary N) is 1. The third-order valence-electron chi connectivity index (χ3n) is 5.84. The van der Waals surface area contributed by atoms with Crippen LogP contribution in [0.25, 0.3) is 5.69 Å². The Morgan fingerprint density at radius 3 is 2.51 bits per heavy atom. The van der Waals surface area contributed by atoms with Gasteiger partial charge in [0.05, 0.1) is 25.0 Å². The number of hydrogen-bond donors (Lipinski definition) is 5. The van der Waals surface area contributed by atoms with Gasteiger partial charge in [-0.3, -0.25) is 10.4 Å². The molecule has 1 unspecified atom stereocenters. The number of benzene rings is 3. The van der Waals surface area contributed by atoms with Gasteiger partial charge in [-0.1, -0.05) is 18.2 Å². The van der Waals surface area contributed by atoms with E-state index in [0.29, 0.717) is 41.5 Å². The van der Waals surface area contributed by atoms with Gasteiger partial charge in [-0.25, -0.2) is 9.59 Å². The van der Waals surface area contributed by atoms with Gasteiger partial charge in [-0.15, -0.1) is 5.10 Å². The number of aromatic nitrogens is 3. The lowest BCUT2D eigenvalue weighted by Gasteiger charge is -2.20. The number of carbonyl (C=O) groups is 1. The van der Waals surface area contributed by atoms with Crippen LogP contribution >= 0.6 is 0 Å². The van der Waals surface area contributed by atoms with Gasteiger partial charge < -0.3 is 30.4 Å². The minimum absolute atomic E-state index is 0.0629. The molecule has 0 amide bonds. The molecule has 1 heterocycles. The summed E-state index contributed by atoms with van der Waals surface area (Å²) in [4.78, 5) is 27.5. The lowest BCUT2D eigenvalue weighted by Crippen LogP contribution is -2.18. The van der Waals surface area contributed by atoms with Gasteiger partial charge in [0.15, 0.2) is 17.3 Å². The number of nitrogen functional groups attached to an aromatic ring is 1. The normalized spacial score (nSPS) is 11.5. The van der Waals surface area contributed by atoms with Gasteiger partial charge in [0.1, 0.15) is 18.5 Å². The van der Waals surface area contributed by atoms with Crippen LogP contribution in [0.1, 0.15) is 33.4 Å². The molecule has 0 aliphatic heterocycles. The number of methoxy groups -OCH3 is 2. The van der Waals surface area contributed by atoms with Crippen molar-refractivity contribution >= 4 is 17.5 Å². The largest absolute Gasteiger partial charge is 0.493 e. The minimum atomic E-state index is -1.18. The molecule has 4 aromatic rings. The summed E-state index contributed by atoms with van der Waals surface area (Å²) in [5.74, 6) is -0.0494. The number of nitrogens with one attached hydrogen (secondary N) is 3. The zero-order valence-corrected chi connectivity index (χ0v) is 21.3. The van der Waals surface area contributed by atoms with E-state index in [0.717, 1.165) is 4.68 Å². The third-order valence-corrected chi connectivity index (χ3v) is 5.84. The average molecular weight is 533 g/mol. The molecule has 0 fully saturated rings. The third kappa shape index (κ3) is 6.08. The number of anilines is 1. The van der Waals surface area contributed by atoms with Crippen molar-refractivity contribution in [2.45, 2.75) is 6.04 Å². The number of carboxylic acid groups (broad SMARTS) is 1. The Balaban J connectivity index is 1.78. The number of carboxylic acids is 1. The quantitative estimate of drug-likeness (QED) is 0.104. The van der Waals surface area contributed by atoms with Gasteiger partial charge in [0.25, 0.3) is 0 Å². The molecule has 12 nitrogen and oxygen atoms in total. The molecule has 0 saturated heterocycles. The van der Waals surface area contributed by atoms with E-state index in [-0.39, 0.29) is 22.9 Å². The summed E-state index contributed by atoms with van der Waals surface area (Å²) >= 11 is 0. The number of rotatable bonds is 12. The Bertz CT molecular complexity index is 1530. The molecule has 4 rings (SSSR count). The van der Waals surface area contributed by atoms with Crippen LogP contribution in [0.2, 0.25) is 0 Å². The number of aromatic amines is 1. The number of hydrogen-bond acceptors (Lipinski definition) is 8.